The number of hydrogen-bond acceptors (Lipinski definition) is 9. The van der Waals surface area contributed by atoms with Crippen molar-refractivity contribution in [3.63, 3.8) is 0 Å². The SMILES string of the molecule is CCOc1cccc(/C(O)=C2\C(=O)C(=O)N(c3nc4ccc(OCC)cc4s3)C2c2ccc(OCCC(C)C)c(OC)c2)c1. The lowest BCUT2D eigenvalue weighted by Gasteiger charge is -2.24. The fourth-order valence-corrected chi connectivity index (χ4v) is 6.05. The van der Waals surface area contributed by atoms with Gasteiger partial charge in [-0.3, -0.25) is 14.5 Å². The summed E-state index contributed by atoms with van der Waals surface area (Å²) in [5.74, 6) is 0.747. The van der Waals surface area contributed by atoms with E-state index in [1.807, 2.05) is 32.0 Å². The van der Waals surface area contributed by atoms with Crippen molar-refractivity contribution in [1.82, 2.24) is 4.98 Å². The number of aliphatic hydroxyl groups is 1. The first-order chi connectivity index (χ1) is 21.2. The molecular weight excluding hydrogens is 580 g/mol. The van der Waals surface area contributed by atoms with E-state index in [0.29, 0.717) is 70.5 Å². The summed E-state index contributed by atoms with van der Waals surface area (Å²) in [5.41, 5.74) is 1.50. The highest BCUT2D eigenvalue weighted by atomic mass is 32.1. The van der Waals surface area contributed by atoms with Crippen molar-refractivity contribution in [3.8, 4) is 23.0 Å². The first kappa shape index (κ1) is 30.9. The minimum absolute atomic E-state index is 0.0616. The maximum absolute atomic E-state index is 13.8. The molecule has 1 atom stereocenters. The van der Waals surface area contributed by atoms with Crippen LogP contribution in [0.1, 0.15) is 51.3 Å². The predicted octanol–water partition coefficient (Wildman–Crippen LogP) is 7.15. The topological polar surface area (TPSA) is 107 Å². The molecule has 0 aliphatic carbocycles. The standard InChI is InChI=1S/C34H36N2O7S/c1-6-41-23-10-8-9-22(17-23)31(37)29-30(21-11-14-26(27(18-21)40-5)43-16-15-20(3)4)36(33(39)32(29)38)34-35-25-13-12-24(42-7-2)19-28(25)44-34/h8-14,17-20,30,37H,6-7,15-16H2,1-5H3/b31-29+. The number of fused-ring (bicyclic) bond motifs is 1. The van der Waals surface area contributed by atoms with E-state index in [1.54, 1.807) is 42.5 Å². The number of aliphatic hydroxyl groups excluding tert-OH is 1. The van der Waals surface area contributed by atoms with Crippen LogP contribution in [0.25, 0.3) is 16.0 Å². The van der Waals surface area contributed by atoms with Crippen LogP contribution in [-0.2, 0) is 9.59 Å². The lowest BCUT2D eigenvalue weighted by Crippen LogP contribution is -2.29. The third-order valence-electron chi connectivity index (χ3n) is 7.18. The van der Waals surface area contributed by atoms with Crippen LogP contribution in [0.15, 0.2) is 66.2 Å². The van der Waals surface area contributed by atoms with Crippen molar-refractivity contribution < 1.29 is 33.6 Å². The van der Waals surface area contributed by atoms with Crippen molar-refractivity contribution >= 4 is 44.1 Å². The average molecular weight is 617 g/mol. The highest BCUT2D eigenvalue weighted by molar-refractivity contribution is 7.22. The smallest absolute Gasteiger partial charge is 0.301 e. The van der Waals surface area contributed by atoms with Gasteiger partial charge in [0.05, 0.1) is 48.8 Å². The number of thiazole rings is 1. The maximum atomic E-state index is 13.8. The second-order valence-corrected chi connectivity index (χ2v) is 11.6. The molecule has 1 saturated heterocycles. The van der Waals surface area contributed by atoms with Gasteiger partial charge in [0.15, 0.2) is 16.6 Å². The van der Waals surface area contributed by atoms with E-state index in [0.717, 1.165) is 11.1 Å². The Morgan fingerprint density at radius 3 is 2.41 bits per heavy atom. The number of hydrogen-bond donors (Lipinski definition) is 1. The summed E-state index contributed by atoms with van der Waals surface area (Å²) in [4.78, 5) is 33.6. The van der Waals surface area contributed by atoms with Crippen molar-refractivity contribution in [2.45, 2.75) is 40.2 Å². The van der Waals surface area contributed by atoms with Gasteiger partial charge in [0, 0.05) is 5.56 Å². The van der Waals surface area contributed by atoms with Crippen molar-refractivity contribution in [2.75, 3.05) is 31.8 Å². The number of aromatic nitrogens is 1. The molecule has 4 aromatic rings. The molecule has 2 heterocycles. The monoisotopic (exact) mass is 616 g/mol. The van der Waals surface area contributed by atoms with Crippen LogP contribution in [0.4, 0.5) is 5.13 Å². The lowest BCUT2D eigenvalue weighted by molar-refractivity contribution is -0.132. The second-order valence-electron chi connectivity index (χ2n) is 10.6. The number of benzene rings is 3. The van der Waals surface area contributed by atoms with Gasteiger partial charge in [-0.15, -0.1) is 0 Å². The largest absolute Gasteiger partial charge is 0.507 e. The Hall–Kier alpha value is -4.57. The third-order valence-corrected chi connectivity index (χ3v) is 8.20. The van der Waals surface area contributed by atoms with Crippen molar-refractivity contribution in [1.29, 1.82) is 0 Å². The molecule has 0 bridgehead atoms. The summed E-state index contributed by atoms with van der Waals surface area (Å²) in [6.07, 6.45) is 0.870. The summed E-state index contributed by atoms with van der Waals surface area (Å²) < 4.78 is 23.7. The van der Waals surface area contributed by atoms with E-state index < -0.39 is 17.7 Å². The van der Waals surface area contributed by atoms with E-state index in [1.165, 1.54) is 23.3 Å². The third kappa shape index (κ3) is 6.21. The van der Waals surface area contributed by atoms with Crippen molar-refractivity contribution in [2.24, 2.45) is 5.92 Å². The summed E-state index contributed by atoms with van der Waals surface area (Å²) >= 11 is 1.27. The van der Waals surface area contributed by atoms with Gasteiger partial charge < -0.3 is 24.1 Å². The molecule has 10 heteroatoms. The molecule has 1 aromatic heterocycles. The zero-order valence-electron chi connectivity index (χ0n) is 25.5. The minimum Gasteiger partial charge on any atom is -0.507 e. The van der Waals surface area contributed by atoms with Gasteiger partial charge in [-0.05, 0) is 74.2 Å². The van der Waals surface area contributed by atoms with E-state index >= 15 is 0 Å². The number of amides is 1. The molecule has 9 nitrogen and oxygen atoms in total. The molecule has 230 valence electrons. The Labute approximate surface area is 260 Å². The number of ketones is 1. The number of ether oxygens (including phenoxy) is 4. The number of carbonyl (C=O) groups is 2. The molecule has 0 spiro atoms. The quantitative estimate of drug-likeness (QED) is 0.102. The number of carbonyl (C=O) groups excluding carboxylic acids is 2. The Bertz CT molecular complexity index is 1710. The molecule has 1 aliphatic heterocycles. The summed E-state index contributed by atoms with van der Waals surface area (Å²) in [7, 11) is 1.54. The number of anilines is 1. The van der Waals surface area contributed by atoms with Crippen LogP contribution in [0.2, 0.25) is 0 Å². The van der Waals surface area contributed by atoms with Crippen LogP contribution < -0.4 is 23.8 Å². The van der Waals surface area contributed by atoms with E-state index in [2.05, 4.69) is 13.8 Å². The van der Waals surface area contributed by atoms with Crippen molar-refractivity contribution in [3.05, 3.63) is 77.4 Å². The van der Waals surface area contributed by atoms with Gasteiger partial charge in [0.2, 0.25) is 0 Å². The predicted molar refractivity (Wildman–Crippen MR) is 171 cm³/mol. The zero-order valence-corrected chi connectivity index (χ0v) is 26.3. The summed E-state index contributed by atoms with van der Waals surface area (Å²) in [6.45, 7) is 9.46. The van der Waals surface area contributed by atoms with Gasteiger partial charge in [-0.25, -0.2) is 4.98 Å². The Morgan fingerprint density at radius 1 is 0.955 bits per heavy atom. The van der Waals surface area contributed by atoms with Crippen LogP contribution >= 0.6 is 11.3 Å². The highest BCUT2D eigenvalue weighted by Gasteiger charge is 2.48. The molecular formula is C34H36N2O7S. The zero-order chi connectivity index (χ0) is 31.4. The first-order valence-electron chi connectivity index (χ1n) is 14.6. The Kier molecular flexibility index (Phi) is 9.39. The van der Waals surface area contributed by atoms with E-state index in [4.69, 9.17) is 23.9 Å². The molecule has 1 fully saturated rings. The van der Waals surface area contributed by atoms with Gasteiger partial charge in [-0.1, -0.05) is 43.4 Å². The minimum atomic E-state index is -0.990. The lowest BCUT2D eigenvalue weighted by atomic mass is 9.95. The summed E-state index contributed by atoms with van der Waals surface area (Å²) in [5, 5.41) is 11.9. The maximum Gasteiger partial charge on any atom is 0.301 e. The second kappa shape index (κ2) is 13.4. The Balaban J connectivity index is 1.66. The average Bonchev–Trinajstić information content (AvgIpc) is 3.54. The number of rotatable bonds is 12. The normalized spacial score (nSPS) is 16.1. The van der Waals surface area contributed by atoms with Gasteiger partial charge >= 0.3 is 5.91 Å². The molecule has 1 N–H and O–H groups in total. The van der Waals surface area contributed by atoms with Gasteiger partial charge in [0.1, 0.15) is 17.3 Å². The molecule has 5 rings (SSSR count). The molecule has 1 aliphatic rings. The number of methoxy groups -OCH3 is 1. The molecule has 1 amide bonds. The highest BCUT2D eigenvalue weighted by Crippen LogP contribution is 2.46. The van der Waals surface area contributed by atoms with E-state index in [9.17, 15) is 14.7 Å². The molecule has 0 radical (unpaired) electrons. The number of Topliss-reactive ketones (excluding diaryl/α,β-unsaturated/α-hetero) is 1. The van der Waals surface area contributed by atoms with Crippen LogP contribution in [0.5, 0.6) is 23.0 Å². The van der Waals surface area contributed by atoms with Crippen LogP contribution in [-0.4, -0.2) is 48.7 Å². The van der Waals surface area contributed by atoms with Crippen LogP contribution in [0, 0.1) is 5.92 Å². The molecule has 3 aromatic carbocycles. The van der Waals surface area contributed by atoms with E-state index in [-0.39, 0.29) is 11.3 Å². The first-order valence-corrected chi connectivity index (χ1v) is 15.5. The molecule has 44 heavy (non-hydrogen) atoms. The van der Waals surface area contributed by atoms with Gasteiger partial charge in [0.25, 0.3) is 5.78 Å². The fraction of sp³-hybridized carbons (Fsp3) is 0.324. The molecule has 0 saturated carbocycles. The fourth-order valence-electron chi connectivity index (χ4n) is 5.03. The van der Waals surface area contributed by atoms with Gasteiger partial charge in [-0.2, -0.15) is 0 Å². The Morgan fingerprint density at radius 2 is 1.70 bits per heavy atom. The molecule has 1 unspecified atom stereocenters. The van der Waals surface area contributed by atoms with Crippen LogP contribution in [0.3, 0.4) is 0 Å². The number of nitrogens with zero attached hydrogens (tertiary/aromatic N) is 2. The summed E-state index contributed by atoms with van der Waals surface area (Å²) in [6, 6.07) is 16.6.